The van der Waals surface area contributed by atoms with Crippen LogP contribution >= 0.6 is 0 Å². The number of hydrogen-bond acceptors (Lipinski definition) is 2. The van der Waals surface area contributed by atoms with Crippen molar-refractivity contribution in [2.75, 3.05) is 6.54 Å². The van der Waals surface area contributed by atoms with Gasteiger partial charge < -0.3 is 10.6 Å². The standard InChI is InChI=1S/C15H23FN2O/c1-11-5-6-12(9-13(11)16)10-17-14(19)7-8-18-15(2,3)4/h5-6,9,18H,7-8,10H2,1-4H3,(H,17,19). The first-order chi connectivity index (χ1) is 8.78. The monoisotopic (exact) mass is 266 g/mol. The molecule has 1 aromatic carbocycles. The number of hydrogen-bond donors (Lipinski definition) is 2. The van der Waals surface area contributed by atoms with Crippen molar-refractivity contribution >= 4 is 5.91 Å². The Balaban J connectivity index is 2.32. The van der Waals surface area contributed by atoms with Crippen LogP contribution in [0.2, 0.25) is 0 Å². The zero-order valence-corrected chi connectivity index (χ0v) is 12.1. The van der Waals surface area contributed by atoms with Crippen molar-refractivity contribution in [1.82, 2.24) is 10.6 Å². The van der Waals surface area contributed by atoms with Gasteiger partial charge in [-0.15, -0.1) is 0 Å². The number of amides is 1. The van der Waals surface area contributed by atoms with Crippen molar-refractivity contribution in [2.45, 2.75) is 46.2 Å². The summed E-state index contributed by atoms with van der Waals surface area (Å²) in [7, 11) is 0. The molecule has 3 nitrogen and oxygen atoms in total. The number of nitrogens with one attached hydrogen (secondary N) is 2. The second-order valence-corrected chi connectivity index (χ2v) is 5.79. The third-order valence-corrected chi connectivity index (χ3v) is 2.73. The predicted molar refractivity (Wildman–Crippen MR) is 75.4 cm³/mol. The first-order valence-corrected chi connectivity index (χ1v) is 6.55. The van der Waals surface area contributed by atoms with E-state index in [4.69, 9.17) is 0 Å². The van der Waals surface area contributed by atoms with Crippen LogP contribution in [0.15, 0.2) is 18.2 Å². The molecule has 0 fully saturated rings. The average molecular weight is 266 g/mol. The molecular weight excluding hydrogens is 243 g/mol. The molecule has 0 spiro atoms. The van der Waals surface area contributed by atoms with Crippen molar-refractivity contribution in [1.29, 1.82) is 0 Å². The Morgan fingerprint density at radius 3 is 2.58 bits per heavy atom. The molecule has 0 aromatic heterocycles. The molecule has 19 heavy (non-hydrogen) atoms. The van der Waals surface area contributed by atoms with E-state index in [1.807, 2.05) is 6.07 Å². The molecule has 4 heteroatoms. The number of aryl methyl sites for hydroxylation is 1. The number of carbonyl (C=O) groups is 1. The van der Waals surface area contributed by atoms with Crippen molar-refractivity contribution in [3.8, 4) is 0 Å². The Kier molecular flexibility index (Phi) is 5.48. The predicted octanol–water partition coefficient (Wildman–Crippen LogP) is 2.53. The molecule has 2 N–H and O–H groups in total. The molecule has 0 saturated carbocycles. The largest absolute Gasteiger partial charge is 0.352 e. The lowest BCUT2D eigenvalue weighted by Gasteiger charge is -2.20. The maximum absolute atomic E-state index is 13.3. The first kappa shape index (κ1) is 15.6. The topological polar surface area (TPSA) is 41.1 Å². The molecule has 1 aromatic rings. The van der Waals surface area contributed by atoms with Gasteiger partial charge in [-0.25, -0.2) is 4.39 Å². The second kappa shape index (κ2) is 6.66. The lowest BCUT2D eigenvalue weighted by Crippen LogP contribution is -2.38. The van der Waals surface area contributed by atoms with Crippen molar-refractivity contribution in [3.05, 3.63) is 35.1 Å². The summed E-state index contributed by atoms with van der Waals surface area (Å²) in [4.78, 5) is 11.6. The van der Waals surface area contributed by atoms with E-state index in [9.17, 15) is 9.18 Å². The Labute approximate surface area is 114 Å². The molecule has 0 aliphatic heterocycles. The Hall–Kier alpha value is -1.42. The Morgan fingerprint density at radius 1 is 1.32 bits per heavy atom. The second-order valence-electron chi connectivity index (χ2n) is 5.79. The molecule has 0 saturated heterocycles. The molecule has 0 atom stereocenters. The fourth-order valence-electron chi connectivity index (χ4n) is 1.59. The van der Waals surface area contributed by atoms with Crippen LogP contribution in [0.25, 0.3) is 0 Å². The molecule has 0 aliphatic carbocycles. The Morgan fingerprint density at radius 2 is 2.00 bits per heavy atom. The number of carbonyl (C=O) groups excluding carboxylic acids is 1. The van der Waals surface area contributed by atoms with E-state index in [-0.39, 0.29) is 17.3 Å². The third kappa shape index (κ3) is 6.34. The van der Waals surface area contributed by atoms with E-state index in [1.54, 1.807) is 13.0 Å². The van der Waals surface area contributed by atoms with Gasteiger partial charge in [0.15, 0.2) is 0 Å². The summed E-state index contributed by atoms with van der Waals surface area (Å²) in [5.74, 6) is -0.265. The highest BCUT2D eigenvalue weighted by molar-refractivity contribution is 5.76. The van der Waals surface area contributed by atoms with Crippen LogP contribution in [-0.2, 0) is 11.3 Å². The molecule has 0 bridgehead atoms. The number of rotatable bonds is 5. The summed E-state index contributed by atoms with van der Waals surface area (Å²) in [6.07, 6.45) is 0.422. The minimum absolute atomic E-state index is 0.0143. The number of halogens is 1. The molecular formula is C15H23FN2O. The molecule has 0 unspecified atom stereocenters. The fourth-order valence-corrected chi connectivity index (χ4v) is 1.59. The van der Waals surface area contributed by atoms with Crippen molar-refractivity contribution in [3.63, 3.8) is 0 Å². The fraction of sp³-hybridized carbons (Fsp3) is 0.533. The summed E-state index contributed by atoms with van der Waals surface area (Å²) in [6, 6.07) is 5.01. The van der Waals surface area contributed by atoms with Gasteiger partial charge in [-0.3, -0.25) is 4.79 Å². The summed E-state index contributed by atoms with van der Waals surface area (Å²) in [6.45, 7) is 8.89. The maximum atomic E-state index is 13.3. The van der Waals surface area contributed by atoms with Crippen LogP contribution in [0.1, 0.15) is 38.3 Å². The smallest absolute Gasteiger partial charge is 0.221 e. The number of benzene rings is 1. The lowest BCUT2D eigenvalue weighted by atomic mass is 10.1. The van der Waals surface area contributed by atoms with E-state index in [0.29, 0.717) is 25.1 Å². The van der Waals surface area contributed by atoms with Gasteiger partial charge in [0.05, 0.1) is 0 Å². The van der Waals surface area contributed by atoms with E-state index in [2.05, 4.69) is 31.4 Å². The summed E-state index contributed by atoms with van der Waals surface area (Å²) >= 11 is 0. The minimum Gasteiger partial charge on any atom is -0.352 e. The van der Waals surface area contributed by atoms with Gasteiger partial charge in [0.2, 0.25) is 5.91 Å². The van der Waals surface area contributed by atoms with Gasteiger partial charge in [-0.2, -0.15) is 0 Å². The molecule has 0 heterocycles. The van der Waals surface area contributed by atoms with Gasteiger partial charge >= 0.3 is 0 Å². The highest BCUT2D eigenvalue weighted by Gasteiger charge is 2.09. The molecule has 1 amide bonds. The first-order valence-electron chi connectivity index (χ1n) is 6.55. The van der Waals surface area contributed by atoms with Gasteiger partial charge in [-0.05, 0) is 44.9 Å². The van der Waals surface area contributed by atoms with E-state index in [1.165, 1.54) is 6.07 Å². The third-order valence-electron chi connectivity index (χ3n) is 2.73. The zero-order chi connectivity index (χ0) is 14.5. The van der Waals surface area contributed by atoms with E-state index >= 15 is 0 Å². The van der Waals surface area contributed by atoms with Crippen LogP contribution in [0.3, 0.4) is 0 Å². The Bertz CT molecular complexity index is 438. The average Bonchev–Trinajstić information content (AvgIpc) is 2.29. The van der Waals surface area contributed by atoms with Gasteiger partial charge in [0.1, 0.15) is 5.82 Å². The van der Waals surface area contributed by atoms with Crippen LogP contribution < -0.4 is 10.6 Å². The van der Waals surface area contributed by atoms with Crippen LogP contribution in [0.5, 0.6) is 0 Å². The van der Waals surface area contributed by atoms with E-state index in [0.717, 1.165) is 5.56 Å². The van der Waals surface area contributed by atoms with Crippen molar-refractivity contribution in [2.24, 2.45) is 0 Å². The van der Waals surface area contributed by atoms with Gasteiger partial charge in [-0.1, -0.05) is 12.1 Å². The van der Waals surface area contributed by atoms with Crippen LogP contribution in [-0.4, -0.2) is 18.0 Å². The summed E-state index contributed by atoms with van der Waals surface area (Å²) in [5.41, 5.74) is 1.41. The highest BCUT2D eigenvalue weighted by atomic mass is 19.1. The SMILES string of the molecule is Cc1ccc(CNC(=O)CCNC(C)(C)C)cc1F. The summed E-state index contributed by atoms with van der Waals surface area (Å²) in [5, 5.41) is 6.03. The normalized spacial score (nSPS) is 11.4. The highest BCUT2D eigenvalue weighted by Crippen LogP contribution is 2.08. The van der Waals surface area contributed by atoms with Gasteiger partial charge in [0.25, 0.3) is 0 Å². The summed E-state index contributed by atoms with van der Waals surface area (Å²) < 4.78 is 13.3. The zero-order valence-electron chi connectivity index (χ0n) is 12.1. The molecule has 106 valence electrons. The maximum Gasteiger partial charge on any atom is 0.221 e. The lowest BCUT2D eigenvalue weighted by molar-refractivity contribution is -0.121. The van der Waals surface area contributed by atoms with E-state index < -0.39 is 0 Å². The molecule has 1 rings (SSSR count). The molecule has 0 aliphatic rings. The molecule has 0 radical (unpaired) electrons. The van der Waals surface area contributed by atoms with Crippen LogP contribution in [0, 0.1) is 12.7 Å². The van der Waals surface area contributed by atoms with Crippen molar-refractivity contribution < 1.29 is 9.18 Å². The van der Waals surface area contributed by atoms with Gasteiger partial charge in [0, 0.05) is 25.0 Å². The minimum atomic E-state index is -0.235. The van der Waals surface area contributed by atoms with Crippen LogP contribution in [0.4, 0.5) is 4.39 Å². The quantitative estimate of drug-likeness (QED) is 0.860.